The van der Waals surface area contributed by atoms with E-state index in [9.17, 15) is 8.78 Å². The van der Waals surface area contributed by atoms with Crippen LogP contribution in [0.5, 0.6) is 0 Å². The first kappa shape index (κ1) is 16.0. The standard InChI is InChI=1S/C19H20F2N4/c1-12-3-5-15(6-4-12)24-17-7-16-18(13(2)23-17)22-11-25(16)10-14-8-19(20,21)9-14/h3-7,11,14H,8-10H2,1-2H3,(H,23,24). The molecule has 25 heavy (non-hydrogen) atoms. The van der Waals surface area contributed by atoms with E-state index in [0.717, 1.165) is 28.2 Å². The van der Waals surface area contributed by atoms with E-state index in [1.807, 2.05) is 48.7 Å². The van der Waals surface area contributed by atoms with E-state index in [4.69, 9.17) is 0 Å². The predicted molar refractivity (Wildman–Crippen MR) is 94.4 cm³/mol. The number of hydrogen-bond acceptors (Lipinski definition) is 3. The lowest BCUT2D eigenvalue weighted by Gasteiger charge is -2.35. The zero-order valence-corrected chi connectivity index (χ0v) is 14.3. The average molecular weight is 342 g/mol. The number of fused-ring (bicyclic) bond motifs is 1. The fraction of sp³-hybridized carbons (Fsp3) is 0.368. The minimum absolute atomic E-state index is 0.00868. The molecular weight excluding hydrogens is 322 g/mol. The van der Waals surface area contributed by atoms with Gasteiger partial charge in [0, 0.05) is 31.1 Å². The highest BCUT2D eigenvalue weighted by atomic mass is 19.3. The number of rotatable bonds is 4. The molecule has 0 spiro atoms. The molecule has 1 aromatic carbocycles. The van der Waals surface area contributed by atoms with Crippen molar-refractivity contribution in [3.8, 4) is 0 Å². The molecule has 0 radical (unpaired) electrons. The molecule has 4 nitrogen and oxygen atoms in total. The van der Waals surface area contributed by atoms with Crippen LogP contribution in [-0.2, 0) is 6.54 Å². The van der Waals surface area contributed by atoms with Crippen molar-refractivity contribution in [1.29, 1.82) is 0 Å². The van der Waals surface area contributed by atoms with Gasteiger partial charge in [0.05, 0.1) is 17.5 Å². The van der Waals surface area contributed by atoms with Gasteiger partial charge in [-0.05, 0) is 31.9 Å². The minimum atomic E-state index is -2.49. The Hall–Kier alpha value is -2.50. The third kappa shape index (κ3) is 3.21. The Balaban J connectivity index is 1.61. The van der Waals surface area contributed by atoms with Gasteiger partial charge in [0.2, 0.25) is 5.92 Å². The van der Waals surface area contributed by atoms with Crippen LogP contribution in [0.25, 0.3) is 11.0 Å². The number of benzene rings is 1. The minimum Gasteiger partial charge on any atom is -0.340 e. The molecular formula is C19H20F2N4. The fourth-order valence-electron chi connectivity index (χ4n) is 3.40. The lowest BCUT2D eigenvalue weighted by molar-refractivity contribution is -0.113. The van der Waals surface area contributed by atoms with Crippen LogP contribution in [0, 0.1) is 19.8 Å². The van der Waals surface area contributed by atoms with E-state index in [-0.39, 0.29) is 18.8 Å². The monoisotopic (exact) mass is 342 g/mol. The number of hydrogen-bond donors (Lipinski definition) is 1. The maximum Gasteiger partial charge on any atom is 0.248 e. The van der Waals surface area contributed by atoms with Gasteiger partial charge in [-0.15, -0.1) is 0 Å². The van der Waals surface area contributed by atoms with Gasteiger partial charge in [0.25, 0.3) is 0 Å². The zero-order valence-electron chi connectivity index (χ0n) is 14.3. The lowest BCUT2D eigenvalue weighted by atomic mass is 9.81. The molecule has 0 bridgehead atoms. The Labute approximate surface area is 144 Å². The number of aryl methyl sites for hydroxylation is 2. The van der Waals surface area contributed by atoms with Crippen LogP contribution in [0.4, 0.5) is 20.3 Å². The summed E-state index contributed by atoms with van der Waals surface area (Å²) >= 11 is 0. The molecule has 0 amide bonds. The summed E-state index contributed by atoms with van der Waals surface area (Å²) in [6.45, 7) is 4.53. The summed E-state index contributed by atoms with van der Waals surface area (Å²) in [5.74, 6) is -1.75. The fourth-order valence-corrected chi connectivity index (χ4v) is 3.40. The highest BCUT2D eigenvalue weighted by molar-refractivity contribution is 5.81. The van der Waals surface area contributed by atoms with Crippen molar-refractivity contribution in [2.75, 3.05) is 5.32 Å². The normalized spacial score (nSPS) is 16.8. The molecule has 1 saturated carbocycles. The van der Waals surface area contributed by atoms with E-state index in [2.05, 4.69) is 15.3 Å². The molecule has 0 unspecified atom stereocenters. The van der Waals surface area contributed by atoms with Crippen molar-refractivity contribution in [1.82, 2.24) is 14.5 Å². The van der Waals surface area contributed by atoms with Gasteiger partial charge in [-0.25, -0.2) is 18.7 Å². The Morgan fingerprint density at radius 1 is 1.20 bits per heavy atom. The topological polar surface area (TPSA) is 42.7 Å². The molecule has 1 N–H and O–H groups in total. The molecule has 130 valence electrons. The van der Waals surface area contributed by atoms with Crippen molar-refractivity contribution >= 4 is 22.5 Å². The summed E-state index contributed by atoms with van der Waals surface area (Å²) in [5.41, 5.74) is 4.73. The number of nitrogens with zero attached hydrogens (tertiary/aromatic N) is 3. The lowest BCUT2D eigenvalue weighted by Crippen LogP contribution is -2.37. The van der Waals surface area contributed by atoms with Crippen LogP contribution >= 0.6 is 0 Å². The molecule has 3 aromatic rings. The molecule has 0 saturated heterocycles. The molecule has 0 atom stereocenters. The maximum atomic E-state index is 13.1. The van der Waals surface area contributed by atoms with Gasteiger partial charge in [0.15, 0.2) is 0 Å². The molecule has 4 rings (SSSR count). The number of imidazole rings is 1. The second kappa shape index (κ2) is 5.79. The van der Waals surface area contributed by atoms with Crippen LogP contribution in [0.1, 0.15) is 24.1 Å². The quantitative estimate of drug-likeness (QED) is 0.738. The van der Waals surface area contributed by atoms with Crippen LogP contribution in [0.15, 0.2) is 36.7 Å². The maximum absolute atomic E-state index is 13.1. The molecule has 2 heterocycles. The van der Waals surface area contributed by atoms with Gasteiger partial charge in [-0.3, -0.25) is 0 Å². The number of pyridine rings is 1. The van der Waals surface area contributed by atoms with E-state index in [0.29, 0.717) is 6.54 Å². The summed E-state index contributed by atoms with van der Waals surface area (Å²) in [4.78, 5) is 8.97. The molecule has 1 fully saturated rings. The summed E-state index contributed by atoms with van der Waals surface area (Å²) in [6, 6.07) is 10.0. The van der Waals surface area contributed by atoms with Gasteiger partial charge >= 0.3 is 0 Å². The summed E-state index contributed by atoms with van der Waals surface area (Å²) in [7, 11) is 0. The first-order valence-electron chi connectivity index (χ1n) is 8.44. The molecule has 1 aliphatic carbocycles. The molecule has 2 aromatic heterocycles. The predicted octanol–water partition coefficient (Wildman–Crippen LogP) is 4.84. The van der Waals surface area contributed by atoms with Crippen LogP contribution in [-0.4, -0.2) is 20.5 Å². The SMILES string of the molecule is Cc1ccc(Nc2cc3c(ncn3CC3CC(F)(F)C3)c(C)n2)cc1. The Kier molecular flexibility index (Phi) is 3.71. The van der Waals surface area contributed by atoms with Crippen molar-refractivity contribution in [2.24, 2.45) is 5.92 Å². The molecule has 6 heteroatoms. The van der Waals surface area contributed by atoms with Crippen molar-refractivity contribution in [2.45, 2.75) is 39.2 Å². The average Bonchev–Trinajstić information content (AvgIpc) is 2.91. The zero-order chi connectivity index (χ0) is 17.6. The number of alkyl halides is 2. The van der Waals surface area contributed by atoms with E-state index in [1.165, 1.54) is 5.56 Å². The van der Waals surface area contributed by atoms with E-state index >= 15 is 0 Å². The largest absolute Gasteiger partial charge is 0.340 e. The van der Waals surface area contributed by atoms with E-state index < -0.39 is 5.92 Å². The third-order valence-electron chi connectivity index (χ3n) is 4.74. The second-order valence-electron chi connectivity index (χ2n) is 6.98. The Morgan fingerprint density at radius 2 is 1.92 bits per heavy atom. The van der Waals surface area contributed by atoms with E-state index in [1.54, 1.807) is 6.33 Å². The van der Waals surface area contributed by atoms with Gasteiger partial charge in [-0.2, -0.15) is 0 Å². The Morgan fingerprint density at radius 3 is 2.60 bits per heavy atom. The van der Waals surface area contributed by atoms with Crippen molar-refractivity contribution in [3.63, 3.8) is 0 Å². The first-order valence-corrected chi connectivity index (χ1v) is 8.44. The number of aromatic nitrogens is 3. The second-order valence-corrected chi connectivity index (χ2v) is 6.98. The molecule has 0 aliphatic heterocycles. The van der Waals surface area contributed by atoms with Crippen LogP contribution < -0.4 is 5.32 Å². The smallest absolute Gasteiger partial charge is 0.248 e. The Bertz CT molecular complexity index is 907. The summed E-state index contributed by atoms with van der Waals surface area (Å²) in [6.07, 6.45) is 1.65. The number of halogens is 2. The number of anilines is 2. The summed E-state index contributed by atoms with van der Waals surface area (Å²) in [5, 5.41) is 3.30. The van der Waals surface area contributed by atoms with Crippen LogP contribution in [0.3, 0.4) is 0 Å². The highest BCUT2D eigenvalue weighted by Crippen LogP contribution is 2.43. The first-order chi connectivity index (χ1) is 11.9. The highest BCUT2D eigenvalue weighted by Gasteiger charge is 2.45. The molecule has 1 aliphatic rings. The van der Waals surface area contributed by atoms with Gasteiger partial charge < -0.3 is 9.88 Å². The van der Waals surface area contributed by atoms with Crippen molar-refractivity contribution < 1.29 is 8.78 Å². The number of nitrogens with one attached hydrogen (secondary N) is 1. The van der Waals surface area contributed by atoms with Crippen LogP contribution in [0.2, 0.25) is 0 Å². The van der Waals surface area contributed by atoms with Crippen molar-refractivity contribution in [3.05, 3.63) is 47.9 Å². The van der Waals surface area contributed by atoms with Gasteiger partial charge in [-0.1, -0.05) is 17.7 Å². The van der Waals surface area contributed by atoms with Gasteiger partial charge in [0.1, 0.15) is 11.3 Å². The summed E-state index contributed by atoms with van der Waals surface area (Å²) < 4.78 is 28.1. The third-order valence-corrected chi connectivity index (χ3v) is 4.74.